The first kappa shape index (κ1) is 13.0. The predicted molar refractivity (Wildman–Crippen MR) is 41.2 cm³/mol. The van der Waals surface area contributed by atoms with Gasteiger partial charge in [-0.25, -0.2) is 8.78 Å². The lowest BCUT2D eigenvalue weighted by Crippen LogP contribution is -2.44. The molecule has 0 aromatic carbocycles. The van der Waals surface area contributed by atoms with Crippen molar-refractivity contribution in [2.75, 3.05) is 6.54 Å². The Morgan fingerprint density at radius 3 is 1.70 bits per heavy atom. The zero-order valence-corrected chi connectivity index (χ0v) is 7.40. The third kappa shape index (κ3) is 2.99. The van der Waals surface area contributed by atoms with E-state index in [-0.39, 0.29) is 19.0 Å². The molecule has 1 nitrogen and oxygen atoms in total. The summed E-state index contributed by atoms with van der Waals surface area (Å²) in [5, 5.41) is 0. The topological polar surface area (TPSA) is 26.0 Å². The van der Waals surface area contributed by atoms with Gasteiger partial charge in [-0.15, -0.1) is 24.0 Å². The maximum atomic E-state index is 12.3. The van der Waals surface area contributed by atoms with E-state index in [9.17, 15) is 8.78 Å². The molecule has 0 heterocycles. The molecule has 0 amide bonds. The van der Waals surface area contributed by atoms with Crippen LogP contribution in [0.1, 0.15) is 13.8 Å². The minimum Gasteiger partial charge on any atom is -0.329 e. The van der Waals surface area contributed by atoms with Crippen molar-refractivity contribution in [1.29, 1.82) is 0 Å². The molecule has 2 N–H and O–H groups in total. The summed E-state index contributed by atoms with van der Waals surface area (Å²) in [5.41, 5.74) is 4.98. The third-order valence-electron chi connectivity index (χ3n) is 1.30. The van der Waals surface area contributed by atoms with Crippen LogP contribution in [0.2, 0.25) is 0 Å². The molecule has 5 heteroatoms. The van der Waals surface area contributed by atoms with Crippen molar-refractivity contribution in [3.8, 4) is 0 Å². The monoisotopic (exact) mass is 193 g/mol. The second-order valence-electron chi connectivity index (χ2n) is 2.29. The number of nitrogens with two attached hydrogens (primary N) is 1. The van der Waals surface area contributed by atoms with Crippen LogP contribution in [0.25, 0.3) is 0 Å². The normalized spacial score (nSPS) is 17.4. The van der Waals surface area contributed by atoms with E-state index in [1.807, 2.05) is 0 Å². The van der Waals surface area contributed by atoms with Gasteiger partial charge in [0.25, 0.3) is 5.92 Å². The first-order valence-corrected chi connectivity index (χ1v) is 2.96. The molecular weight excluding hydrogens is 183 g/mol. The van der Waals surface area contributed by atoms with Crippen LogP contribution in [0.15, 0.2) is 0 Å². The summed E-state index contributed by atoms with van der Waals surface area (Å²) in [5.74, 6) is -2.91. The number of rotatable bonds is 2. The minimum absolute atomic E-state index is 0. The second kappa shape index (κ2) is 3.69. The van der Waals surface area contributed by atoms with Crippen LogP contribution >= 0.6 is 24.0 Å². The number of halogens is 4. The Hall–Kier alpha value is 0.400. The second-order valence-corrected chi connectivity index (χ2v) is 3.12. The van der Waals surface area contributed by atoms with E-state index in [0.717, 1.165) is 6.92 Å². The number of alkyl halides is 3. The molecule has 64 valence electrons. The molecule has 1 unspecified atom stereocenters. The van der Waals surface area contributed by atoms with Crippen LogP contribution < -0.4 is 5.73 Å². The average molecular weight is 194 g/mol. The van der Waals surface area contributed by atoms with E-state index < -0.39 is 10.8 Å². The maximum Gasteiger partial charge on any atom is 0.265 e. The summed E-state index contributed by atoms with van der Waals surface area (Å²) >= 11 is 5.32. The van der Waals surface area contributed by atoms with Crippen molar-refractivity contribution in [1.82, 2.24) is 0 Å². The highest BCUT2D eigenvalue weighted by molar-refractivity contribution is 6.24. The van der Waals surface area contributed by atoms with Crippen LogP contribution in [0, 0.1) is 0 Å². The largest absolute Gasteiger partial charge is 0.329 e. The van der Waals surface area contributed by atoms with Gasteiger partial charge >= 0.3 is 0 Å². The van der Waals surface area contributed by atoms with Crippen LogP contribution in [-0.4, -0.2) is 17.3 Å². The summed E-state index contributed by atoms with van der Waals surface area (Å²) in [6, 6.07) is 0. The van der Waals surface area contributed by atoms with E-state index in [1.54, 1.807) is 0 Å². The van der Waals surface area contributed by atoms with Crippen LogP contribution in [-0.2, 0) is 0 Å². The van der Waals surface area contributed by atoms with Gasteiger partial charge in [0.15, 0.2) is 0 Å². The molecule has 0 aromatic rings. The van der Waals surface area contributed by atoms with E-state index in [1.165, 1.54) is 6.92 Å². The van der Waals surface area contributed by atoms with Crippen molar-refractivity contribution in [3.05, 3.63) is 0 Å². The molecule has 0 aromatic heterocycles. The summed E-state index contributed by atoms with van der Waals surface area (Å²) in [7, 11) is 0. The lowest BCUT2D eigenvalue weighted by molar-refractivity contribution is -0.0147. The van der Waals surface area contributed by atoms with Gasteiger partial charge in [-0.1, -0.05) is 0 Å². The molecular formula is C5H11Cl2F2N. The Kier molecular flexibility index (Phi) is 4.81. The third-order valence-corrected chi connectivity index (χ3v) is 1.78. The van der Waals surface area contributed by atoms with Crippen molar-refractivity contribution in [2.45, 2.75) is 24.6 Å². The van der Waals surface area contributed by atoms with E-state index in [2.05, 4.69) is 0 Å². The summed E-state index contributed by atoms with van der Waals surface area (Å²) in [6.07, 6.45) is 0. The Labute approximate surface area is 70.3 Å². The van der Waals surface area contributed by atoms with Gasteiger partial charge in [0.2, 0.25) is 0 Å². The maximum absolute atomic E-state index is 12.3. The zero-order valence-electron chi connectivity index (χ0n) is 5.83. The van der Waals surface area contributed by atoms with E-state index in [4.69, 9.17) is 17.3 Å². The van der Waals surface area contributed by atoms with Gasteiger partial charge in [0.05, 0.1) is 0 Å². The average Bonchev–Trinajstić information content (AvgIpc) is 1.64. The summed E-state index contributed by atoms with van der Waals surface area (Å²) in [6.45, 7) is 1.75. The Morgan fingerprint density at radius 1 is 1.40 bits per heavy atom. The smallest absolute Gasteiger partial charge is 0.265 e. The van der Waals surface area contributed by atoms with Gasteiger partial charge in [-0.3, -0.25) is 0 Å². The highest BCUT2D eigenvalue weighted by Crippen LogP contribution is 2.32. The molecule has 0 spiro atoms. The predicted octanol–water partition coefficient (Wildman–Crippen LogP) is 2.02. The van der Waals surface area contributed by atoms with E-state index in [0.29, 0.717) is 0 Å². The van der Waals surface area contributed by atoms with Crippen LogP contribution in [0.3, 0.4) is 0 Å². The quantitative estimate of drug-likeness (QED) is 0.668. The molecule has 0 rings (SSSR count). The summed E-state index contributed by atoms with van der Waals surface area (Å²) < 4.78 is 24.6. The summed E-state index contributed by atoms with van der Waals surface area (Å²) in [4.78, 5) is -1.60. The fourth-order valence-corrected chi connectivity index (χ4v) is 0.179. The molecule has 0 aliphatic heterocycles. The van der Waals surface area contributed by atoms with E-state index >= 15 is 0 Å². The Balaban J connectivity index is 0. The molecule has 0 fully saturated rings. The van der Waals surface area contributed by atoms with Gasteiger partial charge in [0, 0.05) is 13.5 Å². The van der Waals surface area contributed by atoms with Gasteiger partial charge in [-0.2, -0.15) is 0 Å². The highest BCUT2D eigenvalue weighted by atomic mass is 35.5. The lowest BCUT2D eigenvalue weighted by atomic mass is 10.1. The minimum atomic E-state index is -2.91. The SMILES string of the molecule is CC(F)(F)C(C)(Cl)CN.Cl. The van der Waals surface area contributed by atoms with Crippen LogP contribution in [0.4, 0.5) is 8.78 Å². The Bertz CT molecular complexity index is 100. The fourth-order valence-electron chi connectivity index (χ4n) is 0.179. The molecule has 0 saturated heterocycles. The van der Waals surface area contributed by atoms with Crippen molar-refractivity contribution in [2.24, 2.45) is 5.73 Å². The highest BCUT2D eigenvalue weighted by Gasteiger charge is 2.43. The van der Waals surface area contributed by atoms with Gasteiger partial charge in [-0.05, 0) is 6.92 Å². The molecule has 0 aliphatic rings. The Morgan fingerprint density at radius 2 is 1.70 bits per heavy atom. The van der Waals surface area contributed by atoms with Crippen molar-refractivity contribution >= 4 is 24.0 Å². The molecule has 0 aliphatic carbocycles. The number of hydrogen-bond donors (Lipinski definition) is 1. The number of hydrogen-bond acceptors (Lipinski definition) is 1. The lowest BCUT2D eigenvalue weighted by Gasteiger charge is -2.26. The molecule has 10 heavy (non-hydrogen) atoms. The first-order valence-electron chi connectivity index (χ1n) is 2.58. The van der Waals surface area contributed by atoms with Gasteiger partial charge in [0.1, 0.15) is 4.87 Å². The molecule has 1 atom stereocenters. The van der Waals surface area contributed by atoms with Crippen molar-refractivity contribution in [3.63, 3.8) is 0 Å². The van der Waals surface area contributed by atoms with Crippen molar-refractivity contribution < 1.29 is 8.78 Å². The molecule has 0 saturated carbocycles. The molecule has 0 bridgehead atoms. The zero-order chi connectivity index (χ0) is 7.71. The fraction of sp³-hybridized carbons (Fsp3) is 1.00. The first-order chi connectivity index (χ1) is 3.81. The van der Waals surface area contributed by atoms with Crippen LogP contribution in [0.5, 0.6) is 0 Å². The molecule has 0 radical (unpaired) electrons. The van der Waals surface area contributed by atoms with Gasteiger partial charge < -0.3 is 5.73 Å². The standard InChI is InChI=1S/C5H10ClF2N.ClH/c1-4(6,3-9)5(2,7)8;/h3,9H2,1-2H3;1H.